The molecule has 0 amide bonds. The summed E-state index contributed by atoms with van der Waals surface area (Å²) in [6.07, 6.45) is 5.70. The van der Waals surface area contributed by atoms with Crippen LogP contribution in [0.15, 0.2) is 48.5 Å². The molecule has 6 rings (SSSR count). The van der Waals surface area contributed by atoms with E-state index in [9.17, 15) is 0 Å². The minimum Gasteiger partial charge on any atom is -0.463 e. The quantitative estimate of drug-likeness (QED) is 0.150. The van der Waals surface area contributed by atoms with Gasteiger partial charge in [-0.25, -0.2) is 0 Å². The smallest absolute Gasteiger partial charge is 0.463 e. The third-order valence-electron chi connectivity index (χ3n) is 13.3. The number of fused-ring (bicyclic) bond motifs is 3. The first kappa shape index (κ1) is 45.7. The molecule has 59 heavy (non-hydrogen) atoms. The van der Waals surface area contributed by atoms with Crippen LogP contribution in [0.3, 0.4) is 0 Å². The van der Waals surface area contributed by atoms with Crippen molar-refractivity contribution in [3.8, 4) is 11.4 Å². The van der Waals surface area contributed by atoms with E-state index in [1.54, 1.807) is 0 Å². The molecule has 3 aromatic carbocycles. The van der Waals surface area contributed by atoms with Crippen molar-refractivity contribution in [3.05, 3.63) is 65.2 Å². The fourth-order valence-electron chi connectivity index (χ4n) is 10.8. The number of nitrogens with zero attached hydrogens (tertiary/aromatic N) is 1. The molecule has 1 atom stereocenters. The summed E-state index contributed by atoms with van der Waals surface area (Å²) in [6.45, 7) is 44.8. The van der Waals surface area contributed by atoms with Gasteiger partial charge in [0, 0.05) is 22.7 Å². The number of hydrogen-bond donors (Lipinski definition) is 0. The molecule has 0 aliphatic carbocycles. The Hall–Kier alpha value is -2.80. The molecule has 6 heteroatoms. The van der Waals surface area contributed by atoms with Gasteiger partial charge in [-0.3, -0.25) is 0 Å². The molecule has 0 spiro atoms. The van der Waals surface area contributed by atoms with Crippen LogP contribution in [0, 0.1) is 16.2 Å². The molecule has 3 heterocycles. The number of aromatic nitrogens is 1. The highest BCUT2D eigenvalue weighted by Gasteiger charge is 2.53. The van der Waals surface area contributed by atoms with Gasteiger partial charge in [-0.1, -0.05) is 134 Å². The molecule has 324 valence electrons. The van der Waals surface area contributed by atoms with E-state index >= 15 is 0 Å². The van der Waals surface area contributed by atoms with E-state index in [1.807, 2.05) is 0 Å². The maximum Gasteiger partial charge on any atom is 0.498 e. The van der Waals surface area contributed by atoms with Crippen LogP contribution in [0.4, 0.5) is 0 Å². The molecule has 0 radical (unpaired) electrons. The Morgan fingerprint density at radius 3 is 1.44 bits per heavy atom. The molecule has 1 aromatic heterocycles. The SMILES string of the molecule is CC(C)(C)CC(C)(C)c1cc(B2OC(C)(C)C(C)(C)O2)c(OC2CCCCO2)c(-n2c3cc(C(C)(C)CC(C)(C)C)ccc3c3ccc(C(C)(C)CC(C)(C)C)cc32)c1. The average molecular weight is 806 g/mol. The minimum absolute atomic E-state index is 0.0484. The van der Waals surface area contributed by atoms with Crippen LogP contribution >= 0.6 is 0 Å². The van der Waals surface area contributed by atoms with Crippen molar-refractivity contribution in [1.82, 2.24) is 4.57 Å². The van der Waals surface area contributed by atoms with Crippen LogP contribution in [0.2, 0.25) is 0 Å². The van der Waals surface area contributed by atoms with Gasteiger partial charge in [-0.05, 0) is 127 Å². The number of hydrogen-bond acceptors (Lipinski definition) is 4. The standard InChI is InChI=1S/C53H80BNO4/c1-46(2,3)32-49(10,11)35-23-25-38-39-26-24-36(50(12,13)33-47(4,5)6)30-42(39)55(41(38)29-35)43-31-37(51(14,15)34-48(7,8)9)28-40(45(43)57-44-22-20-21-27-56-44)54-58-52(16,17)53(18,19)59-54/h23-26,28-31,44H,20-22,27,32-34H2,1-19H3. The highest BCUT2D eigenvalue weighted by atomic mass is 16.7. The molecule has 1 unspecified atom stereocenters. The zero-order valence-corrected chi connectivity index (χ0v) is 40.8. The van der Waals surface area contributed by atoms with Crippen LogP contribution in [-0.2, 0) is 30.3 Å². The molecule has 0 saturated carbocycles. The maximum atomic E-state index is 7.28. The van der Waals surface area contributed by atoms with Gasteiger partial charge in [0.2, 0.25) is 0 Å². The summed E-state index contributed by atoms with van der Waals surface area (Å²) in [5, 5.41) is 2.48. The minimum atomic E-state index is -0.627. The third-order valence-corrected chi connectivity index (χ3v) is 13.3. The average Bonchev–Trinajstić information content (AvgIpc) is 3.49. The second-order valence-electron chi connectivity index (χ2n) is 25.1. The highest BCUT2D eigenvalue weighted by molar-refractivity contribution is 6.63. The van der Waals surface area contributed by atoms with Gasteiger partial charge in [0.15, 0.2) is 6.29 Å². The van der Waals surface area contributed by atoms with E-state index in [1.165, 1.54) is 38.5 Å². The van der Waals surface area contributed by atoms with E-state index in [2.05, 4.69) is 185 Å². The highest BCUT2D eigenvalue weighted by Crippen LogP contribution is 2.46. The van der Waals surface area contributed by atoms with Crippen molar-refractivity contribution in [3.63, 3.8) is 0 Å². The van der Waals surface area contributed by atoms with Crippen LogP contribution < -0.4 is 10.2 Å². The molecule has 0 N–H and O–H groups in total. The third kappa shape index (κ3) is 9.81. The molecular formula is C53H80BNO4. The van der Waals surface area contributed by atoms with Crippen molar-refractivity contribution < 1.29 is 18.8 Å². The monoisotopic (exact) mass is 806 g/mol. The van der Waals surface area contributed by atoms with Crippen LogP contribution in [0.5, 0.6) is 5.75 Å². The summed E-state index contributed by atoms with van der Waals surface area (Å²) in [6, 6.07) is 19.2. The van der Waals surface area contributed by atoms with Crippen LogP contribution in [0.1, 0.15) is 187 Å². The first-order valence-electron chi connectivity index (χ1n) is 22.7. The Balaban J connectivity index is 1.77. The van der Waals surface area contributed by atoms with Gasteiger partial charge < -0.3 is 23.3 Å². The molecule has 4 aromatic rings. The zero-order chi connectivity index (χ0) is 43.9. The lowest BCUT2D eigenvalue weighted by atomic mass is 9.69. The maximum absolute atomic E-state index is 7.28. The van der Waals surface area contributed by atoms with E-state index < -0.39 is 18.3 Å². The first-order valence-corrected chi connectivity index (χ1v) is 22.7. The summed E-state index contributed by atoms with van der Waals surface area (Å²) < 4.78 is 30.1. The molecule has 0 bridgehead atoms. The lowest BCUT2D eigenvalue weighted by Gasteiger charge is -2.35. The largest absolute Gasteiger partial charge is 0.498 e. The van der Waals surface area contributed by atoms with Crippen molar-refractivity contribution in [1.29, 1.82) is 0 Å². The van der Waals surface area contributed by atoms with Gasteiger partial charge >= 0.3 is 7.12 Å². The van der Waals surface area contributed by atoms with Gasteiger partial charge in [0.05, 0.1) is 34.5 Å². The summed E-state index contributed by atoms with van der Waals surface area (Å²) in [7, 11) is -0.627. The number of benzene rings is 3. The number of rotatable bonds is 10. The molecule has 2 aliphatic rings. The summed E-state index contributed by atoms with van der Waals surface area (Å²) >= 11 is 0. The predicted molar refractivity (Wildman–Crippen MR) is 252 cm³/mol. The van der Waals surface area contributed by atoms with Crippen LogP contribution in [0.25, 0.3) is 27.5 Å². The molecule has 2 fully saturated rings. The molecule has 2 aliphatic heterocycles. The Bertz CT molecular complexity index is 2060. The number of ether oxygens (including phenoxy) is 2. The van der Waals surface area contributed by atoms with Gasteiger partial charge in [0.1, 0.15) is 5.75 Å². The summed E-state index contributed by atoms with van der Waals surface area (Å²) in [5.41, 5.74) is 7.35. The van der Waals surface area contributed by atoms with Gasteiger partial charge in [-0.2, -0.15) is 0 Å². The second-order valence-corrected chi connectivity index (χ2v) is 25.1. The van der Waals surface area contributed by atoms with E-state index in [4.69, 9.17) is 18.8 Å². The van der Waals surface area contributed by atoms with Gasteiger partial charge in [0.25, 0.3) is 0 Å². The second kappa shape index (κ2) is 15.2. The summed E-state index contributed by atoms with van der Waals surface area (Å²) in [4.78, 5) is 0. The van der Waals surface area contributed by atoms with Crippen molar-refractivity contribution in [2.24, 2.45) is 16.2 Å². The van der Waals surface area contributed by atoms with E-state index in [-0.39, 0.29) is 38.8 Å². The topological polar surface area (TPSA) is 41.9 Å². The van der Waals surface area contributed by atoms with Gasteiger partial charge in [-0.15, -0.1) is 0 Å². The normalized spacial score (nSPS) is 19.6. The van der Waals surface area contributed by atoms with E-state index in [0.717, 1.165) is 55.4 Å². The lowest BCUT2D eigenvalue weighted by Crippen LogP contribution is -2.41. The van der Waals surface area contributed by atoms with Crippen LogP contribution in [-0.4, -0.2) is 35.8 Å². The molecule has 2 saturated heterocycles. The summed E-state index contributed by atoms with van der Waals surface area (Å²) in [5.74, 6) is 0.781. The zero-order valence-electron chi connectivity index (χ0n) is 40.8. The van der Waals surface area contributed by atoms with Crippen molar-refractivity contribution >= 4 is 34.4 Å². The predicted octanol–water partition coefficient (Wildman–Crippen LogP) is 14.1. The van der Waals surface area contributed by atoms with Crippen molar-refractivity contribution in [2.45, 2.75) is 204 Å². The lowest BCUT2D eigenvalue weighted by molar-refractivity contribution is -0.105. The fraction of sp³-hybridized carbons (Fsp3) is 0.660. The molecule has 5 nitrogen and oxygen atoms in total. The van der Waals surface area contributed by atoms with E-state index in [0.29, 0.717) is 6.61 Å². The Morgan fingerprint density at radius 2 is 1.03 bits per heavy atom. The molecular weight excluding hydrogens is 725 g/mol. The fourth-order valence-corrected chi connectivity index (χ4v) is 10.8. The Morgan fingerprint density at radius 1 is 0.593 bits per heavy atom. The Labute approximate surface area is 359 Å². The first-order chi connectivity index (χ1) is 26.8. The van der Waals surface area contributed by atoms with Crippen molar-refractivity contribution in [2.75, 3.05) is 6.61 Å². The Kier molecular flexibility index (Phi) is 11.8.